The Kier molecular flexibility index (Phi) is 3.76. The van der Waals surface area contributed by atoms with E-state index in [9.17, 15) is 19.7 Å². The van der Waals surface area contributed by atoms with Crippen molar-refractivity contribution in [3.8, 4) is 0 Å². The summed E-state index contributed by atoms with van der Waals surface area (Å²) in [5, 5.41) is 28.3. The Balaban J connectivity index is 3.38. The van der Waals surface area contributed by atoms with Crippen LogP contribution in [0.15, 0.2) is 15.8 Å². The lowest BCUT2D eigenvalue weighted by Gasteiger charge is -2.10. The summed E-state index contributed by atoms with van der Waals surface area (Å²) in [5.74, 6) is 0. The van der Waals surface area contributed by atoms with Gasteiger partial charge in [-0.2, -0.15) is 0 Å². The minimum Gasteiger partial charge on any atom is -0.394 e. The zero-order chi connectivity index (χ0) is 13.2. The van der Waals surface area contributed by atoms with Crippen molar-refractivity contribution in [1.82, 2.24) is 9.13 Å². The van der Waals surface area contributed by atoms with Gasteiger partial charge in [0.1, 0.15) is 0 Å². The van der Waals surface area contributed by atoms with Crippen molar-refractivity contribution in [3.05, 3.63) is 37.1 Å². The second kappa shape index (κ2) is 4.89. The van der Waals surface area contributed by atoms with Crippen LogP contribution in [0, 0.1) is 10.1 Å². The maximum absolute atomic E-state index is 11.5. The highest BCUT2D eigenvalue weighted by Gasteiger charge is 2.18. The molecule has 1 heterocycles. The van der Waals surface area contributed by atoms with E-state index in [2.05, 4.69) is 0 Å². The average Bonchev–Trinajstić information content (AvgIpc) is 2.29. The van der Waals surface area contributed by atoms with Crippen LogP contribution in [-0.2, 0) is 13.6 Å². The molecule has 94 valence electrons. The van der Waals surface area contributed by atoms with Crippen LogP contribution in [0.4, 0.5) is 5.69 Å². The van der Waals surface area contributed by atoms with Crippen molar-refractivity contribution >= 4 is 5.69 Å². The lowest BCUT2D eigenvalue weighted by atomic mass is 10.3. The molecule has 17 heavy (non-hydrogen) atoms. The number of rotatable bonds is 4. The van der Waals surface area contributed by atoms with Gasteiger partial charge in [0.15, 0.2) is 0 Å². The molecule has 1 rings (SSSR count). The Morgan fingerprint density at radius 2 is 2.12 bits per heavy atom. The van der Waals surface area contributed by atoms with Crippen molar-refractivity contribution in [2.24, 2.45) is 7.05 Å². The Morgan fingerprint density at radius 1 is 1.53 bits per heavy atom. The van der Waals surface area contributed by atoms with Gasteiger partial charge in [-0.05, 0) is 0 Å². The molecule has 0 aliphatic heterocycles. The molecule has 1 aromatic rings. The summed E-state index contributed by atoms with van der Waals surface area (Å²) in [7, 11) is 1.10. The summed E-state index contributed by atoms with van der Waals surface area (Å²) in [6.45, 7) is -0.923. The molecule has 0 spiro atoms. The fraction of sp³-hybridized carbons (Fsp3) is 0.500. The van der Waals surface area contributed by atoms with Crippen LogP contribution in [0.5, 0.6) is 0 Å². The van der Waals surface area contributed by atoms with E-state index in [1.807, 2.05) is 0 Å². The molecule has 2 N–H and O–H groups in total. The van der Waals surface area contributed by atoms with Crippen LogP contribution in [0.2, 0.25) is 0 Å². The zero-order valence-corrected chi connectivity index (χ0v) is 8.94. The molecule has 0 unspecified atom stereocenters. The van der Waals surface area contributed by atoms with Gasteiger partial charge in [-0.1, -0.05) is 0 Å². The molecule has 9 nitrogen and oxygen atoms in total. The van der Waals surface area contributed by atoms with Crippen molar-refractivity contribution < 1.29 is 15.1 Å². The highest BCUT2D eigenvalue weighted by atomic mass is 16.6. The highest BCUT2D eigenvalue weighted by Crippen LogP contribution is 2.00. The molecule has 0 bridgehead atoms. The Morgan fingerprint density at radius 3 is 2.59 bits per heavy atom. The van der Waals surface area contributed by atoms with Crippen LogP contribution in [-0.4, -0.2) is 37.0 Å². The van der Waals surface area contributed by atoms with E-state index in [1.54, 1.807) is 0 Å². The molecule has 0 fully saturated rings. The van der Waals surface area contributed by atoms with Gasteiger partial charge in [-0.25, -0.2) is 4.79 Å². The number of nitro groups is 1. The number of hydrogen-bond donors (Lipinski definition) is 2. The smallest absolute Gasteiger partial charge is 0.350 e. The van der Waals surface area contributed by atoms with Crippen LogP contribution in [0.25, 0.3) is 0 Å². The lowest BCUT2D eigenvalue weighted by Crippen LogP contribution is -2.40. The van der Waals surface area contributed by atoms with Crippen LogP contribution in [0.3, 0.4) is 0 Å². The summed E-state index contributed by atoms with van der Waals surface area (Å²) in [4.78, 5) is 32.5. The predicted octanol–water partition coefficient (Wildman–Crippen LogP) is -2.19. The molecule has 0 saturated heterocycles. The summed E-state index contributed by atoms with van der Waals surface area (Å²) in [6.07, 6.45) is -0.478. The van der Waals surface area contributed by atoms with Crippen molar-refractivity contribution in [2.45, 2.75) is 12.6 Å². The second-order valence-corrected chi connectivity index (χ2v) is 3.41. The van der Waals surface area contributed by atoms with Gasteiger partial charge in [-0.15, -0.1) is 0 Å². The number of hydrogen-bond acceptors (Lipinski definition) is 6. The molecule has 0 saturated carbocycles. The maximum Gasteiger partial charge on any atom is 0.350 e. The first-order valence-electron chi connectivity index (χ1n) is 4.62. The average molecular weight is 245 g/mol. The van der Waals surface area contributed by atoms with Crippen molar-refractivity contribution in [3.63, 3.8) is 0 Å². The van der Waals surface area contributed by atoms with E-state index in [0.717, 1.165) is 17.8 Å². The van der Waals surface area contributed by atoms with E-state index in [1.165, 1.54) is 0 Å². The first kappa shape index (κ1) is 13.1. The van der Waals surface area contributed by atoms with Crippen molar-refractivity contribution in [2.75, 3.05) is 6.61 Å². The third kappa shape index (κ3) is 2.57. The minimum atomic E-state index is -1.23. The van der Waals surface area contributed by atoms with Gasteiger partial charge < -0.3 is 10.2 Å². The zero-order valence-electron chi connectivity index (χ0n) is 8.94. The topological polar surface area (TPSA) is 128 Å². The van der Waals surface area contributed by atoms with Gasteiger partial charge in [-0.3, -0.25) is 24.0 Å². The van der Waals surface area contributed by atoms with E-state index in [-0.39, 0.29) is 6.54 Å². The Hall–Kier alpha value is -2.00. The van der Waals surface area contributed by atoms with Gasteiger partial charge in [0, 0.05) is 7.05 Å². The predicted molar refractivity (Wildman–Crippen MR) is 55.7 cm³/mol. The molecule has 0 amide bonds. The first-order valence-corrected chi connectivity index (χ1v) is 4.62. The molecule has 1 aromatic heterocycles. The fourth-order valence-electron chi connectivity index (χ4n) is 1.25. The Bertz CT molecular complexity index is 545. The summed E-state index contributed by atoms with van der Waals surface area (Å²) in [6, 6.07) is 0. The Labute approximate surface area is 94.3 Å². The van der Waals surface area contributed by atoms with Gasteiger partial charge in [0.25, 0.3) is 0 Å². The summed E-state index contributed by atoms with van der Waals surface area (Å²) in [5.41, 5.74) is -2.58. The van der Waals surface area contributed by atoms with E-state index in [4.69, 9.17) is 10.2 Å². The van der Waals surface area contributed by atoms with Gasteiger partial charge >= 0.3 is 16.9 Å². The third-order valence-corrected chi connectivity index (χ3v) is 2.15. The number of aromatic nitrogens is 2. The standard InChI is InChI=1S/C8H11N3O6/c1-9-7(14)6(11(16)17)3-10(8(9)15)2-5(13)4-12/h3,5,12-13H,2,4H2,1H3/t5-/m0/s1. The first-order chi connectivity index (χ1) is 7.88. The minimum absolute atomic E-state index is 0.329. The number of aliphatic hydroxyl groups excluding tert-OH is 2. The molecule has 0 radical (unpaired) electrons. The molecule has 0 aliphatic carbocycles. The quantitative estimate of drug-likeness (QED) is 0.458. The number of nitrogens with zero attached hydrogens (tertiary/aromatic N) is 3. The molecular formula is C8H11N3O6. The molecule has 0 aromatic carbocycles. The van der Waals surface area contributed by atoms with Crippen LogP contribution in [0.1, 0.15) is 0 Å². The van der Waals surface area contributed by atoms with Crippen molar-refractivity contribution in [1.29, 1.82) is 0 Å². The van der Waals surface area contributed by atoms with Crippen LogP contribution >= 0.6 is 0 Å². The SMILES string of the molecule is Cn1c(=O)c([N+](=O)[O-])cn(C[C@H](O)CO)c1=O. The molecule has 0 aliphatic rings. The molecule has 1 atom stereocenters. The summed E-state index contributed by atoms with van der Waals surface area (Å²) < 4.78 is 1.38. The lowest BCUT2D eigenvalue weighted by molar-refractivity contribution is -0.387. The molecule has 9 heteroatoms. The summed E-state index contributed by atoms with van der Waals surface area (Å²) >= 11 is 0. The highest BCUT2D eigenvalue weighted by molar-refractivity contribution is 5.21. The molecular weight excluding hydrogens is 234 g/mol. The largest absolute Gasteiger partial charge is 0.394 e. The van der Waals surface area contributed by atoms with Crippen LogP contribution < -0.4 is 11.2 Å². The second-order valence-electron chi connectivity index (χ2n) is 3.41. The van der Waals surface area contributed by atoms with E-state index < -0.39 is 34.6 Å². The normalized spacial score (nSPS) is 12.4. The maximum atomic E-state index is 11.5. The third-order valence-electron chi connectivity index (χ3n) is 2.15. The fourth-order valence-corrected chi connectivity index (χ4v) is 1.25. The van der Waals surface area contributed by atoms with E-state index in [0.29, 0.717) is 4.57 Å². The van der Waals surface area contributed by atoms with Gasteiger partial charge in [0.05, 0.1) is 30.4 Å². The van der Waals surface area contributed by atoms with Gasteiger partial charge in [0.2, 0.25) is 0 Å². The monoisotopic (exact) mass is 245 g/mol. The number of aliphatic hydroxyl groups is 2. The van der Waals surface area contributed by atoms with E-state index >= 15 is 0 Å².